The van der Waals surface area contributed by atoms with Crippen molar-refractivity contribution >= 4 is 43.6 Å². The Morgan fingerprint density at radius 3 is 1.52 bits per heavy atom. The van der Waals surface area contributed by atoms with E-state index in [0.29, 0.717) is 5.56 Å². The third kappa shape index (κ3) is 3.30. The van der Waals surface area contributed by atoms with Gasteiger partial charge in [-0.2, -0.15) is 5.26 Å². The number of hydrogen-bond acceptors (Lipinski definition) is 1. The van der Waals surface area contributed by atoms with Crippen LogP contribution < -0.4 is 0 Å². The topological polar surface area (TPSA) is 33.6 Å². The summed E-state index contributed by atoms with van der Waals surface area (Å²) in [6.45, 7) is 0. The van der Waals surface area contributed by atoms with Gasteiger partial charge in [0.05, 0.1) is 33.7 Å². The fourth-order valence-corrected chi connectivity index (χ4v) is 6.17. The Morgan fingerprint density at radius 2 is 0.900 bits per heavy atom. The van der Waals surface area contributed by atoms with Crippen LogP contribution >= 0.6 is 0 Å². The second-order valence-electron chi connectivity index (χ2n) is 10.2. The average Bonchev–Trinajstić information content (AvgIpc) is 3.54. The van der Waals surface area contributed by atoms with Gasteiger partial charge < -0.3 is 9.13 Å². The Balaban J connectivity index is 1.33. The molecule has 0 N–H and O–H groups in total. The van der Waals surface area contributed by atoms with E-state index in [1.165, 1.54) is 43.7 Å². The number of benzene rings is 6. The quantitative estimate of drug-likeness (QED) is 0.233. The molecule has 8 aromatic rings. The first kappa shape index (κ1) is 22.4. The van der Waals surface area contributed by atoms with E-state index in [2.05, 4.69) is 137 Å². The number of nitriles is 1. The molecule has 0 saturated heterocycles. The highest BCUT2D eigenvalue weighted by Crippen LogP contribution is 2.37. The van der Waals surface area contributed by atoms with Crippen LogP contribution in [0.1, 0.15) is 5.56 Å². The molecule has 0 amide bonds. The Morgan fingerprint density at radius 1 is 0.400 bits per heavy atom. The maximum Gasteiger partial charge on any atom is 0.0992 e. The molecule has 186 valence electrons. The molecule has 0 radical (unpaired) electrons. The van der Waals surface area contributed by atoms with Crippen molar-refractivity contribution in [1.82, 2.24) is 9.13 Å². The predicted molar refractivity (Wildman–Crippen MR) is 165 cm³/mol. The molecule has 0 aliphatic heterocycles. The molecule has 0 spiro atoms. The molecule has 0 unspecified atom stereocenters. The van der Waals surface area contributed by atoms with Gasteiger partial charge >= 0.3 is 0 Å². The molecule has 3 heteroatoms. The lowest BCUT2D eigenvalue weighted by atomic mass is 10.0. The number of para-hydroxylation sites is 3. The van der Waals surface area contributed by atoms with Crippen LogP contribution in [0.15, 0.2) is 140 Å². The van der Waals surface area contributed by atoms with Crippen LogP contribution in [0.2, 0.25) is 0 Å². The molecule has 8 rings (SSSR count). The average molecular weight is 510 g/mol. The molecule has 0 aliphatic carbocycles. The highest BCUT2D eigenvalue weighted by atomic mass is 15.0. The van der Waals surface area contributed by atoms with E-state index in [9.17, 15) is 5.26 Å². The van der Waals surface area contributed by atoms with Gasteiger partial charge in [0.1, 0.15) is 0 Å². The van der Waals surface area contributed by atoms with Crippen molar-refractivity contribution in [2.75, 3.05) is 0 Å². The minimum absolute atomic E-state index is 0.655. The summed E-state index contributed by atoms with van der Waals surface area (Å²) < 4.78 is 4.62. The van der Waals surface area contributed by atoms with E-state index in [0.717, 1.165) is 22.4 Å². The molecule has 0 aliphatic rings. The van der Waals surface area contributed by atoms with Crippen LogP contribution in [0.25, 0.3) is 66.1 Å². The summed E-state index contributed by atoms with van der Waals surface area (Å²) in [7, 11) is 0. The summed E-state index contributed by atoms with van der Waals surface area (Å²) in [4.78, 5) is 0. The highest BCUT2D eigenvalue weighted by molar-refractivity contribution is 6.11. The first-order valence-corrected chi connectivity index (χ1v) is 13.4. The summed E-state index contributed by atoms with van der Waals surface area (Å²) in [6.07, 6.45) is 0. The number of hydrogen-bond donors (Lipinski definition) is 0. The van der Waals surface area contributed by atoms with Crippen LogP contribution in [-0.2, 0) is 0 Å². The lowest BCUT2D eigenvalue weighted by Gasteiger charge is -2.11. The van der Waals surface area contributed by atoms with Gasteiger partial charge in [-0.15, -0.1) is 0 Å². The van der Waals surface area contributed by atoms with E-state index >= 15 is 0 Å². The zero-order chi connectivity index (χ0) is 26.6. The Labute approximate surface area is 231 Å². The number of rotatable bonds is 3. The maximum atomic E-state index is 9.50. The molecule has 0 fully saturated rings. The molecule has 0 saturated carbocycles. The van der Waals surface area contributed by atoms with Gasteiger partial charge in [-0.25, -0.2) is 0 Å². The van der Waals surface area contributed by atoms with Crippen molar-refractivity contribution in [1.29, 1.82) is 5.26 Å². The molecular weight excluding hydrogens is 486 g/mol. The van der Waals surface area contributed by atoms with Crippen molar-refractivity contribution in [2.45, 2.75) is 0 Å². The van der Waals surface area contributed by atoms with Gasteiger partial charge in [-0.05, 0) is 71.8 Å². The number of fused-ring (bicyclic) bond motifs is 6. The lowest BCUT2D eigenvalue weighted by molar-refractivity contribution is 1.18. The van der Waals surface area contributed by atoms with Gasteiger partial charge in [0, 0.05) is 32.9 Å². The summed E-state index contributed by atoms with van der Waals surface area (Å²) in [5.74, 6) is 0. The standard InChI is InChI=1S/C37H23N3/c38-24-25-9-7-11-28(21-25)39-36-18-6-3-15-32(36)33-23-27(19-20-37(33)39)26-10-8-12-29(22-26)40-34-16-4-1-13-30(34)31-14-2-5-17-35(31)40/h1-23H. The molecule has 6 aromatic carbocycles. The molecule has 2 aromatic heterocycles. The van der Waals surface area contributed by atoms with E-state index in [1.54, 1.807) is 0 Å². The van der Waals surface area contributed by atoms with E-state index < -0.39 is 0 Å². The summed E-state index contributed by atoms with van der Waals surface area (Å²) in [5.41, 5.74) is 9.80. The van der Waals surface area contributed by atoms with Crippen LogP contribution in [0, 0.1) is 11.3 Å². The smallest absolute Gasteiger partial charge is 0.0992 e. The normalized spacial score (nSPS) is 11.5. The van der Waals surface area contributed by atoms with Crippen LogP contribution in [0.5, 0.6) is 0 Å². The minimum Gasteiger partial charge on any atom is -0.309 e. The van der Waals surface area contributed by atoms with Crippen molar-refractivity contribution in [3.8, 4) is 28.6 Å². The van der Waals surface area contributed by atoms with Crippen LogP contribution in [0.3, 0.4) is 0 Å². The number of nitrogens with zero attached hydrogens (tertiary/aromatic N) is 3. The van der Waals surface area contributed by atoms with E-state index in [1.807, 2.05) is 18.2 Å². The first-order chi connectivity index (χ1) is 19.8. The van der Waals surface area contributed by atoms with Crippen LogP contribution in [0.4, 0.5) is 0 Å². The van der Waals surface area contributed by atoms with Crippen molar-refractivity contribution < 1.29 is 0 Å². The second-order valence-corrected chi connectivity index (χ2v) is 10.2. The minimum atomic E-state index is 0.655. The van der Waals surface area contributed by atoms with Crippen molar-refractivity contribution in [2.24, 2.45) is 0 Å². The zero-order valence-corrected chi connectivity index (χ0v) is 21.6. The van der Waals surface area contributed by atoms with Gasteiger partial charge in [-0.3, -0.25) is 0 Å². The van der Waals surface area contributed by atoms with Crippen LogP contribution in [-0.4, -0.2) is 9.13 Å². The summed E-state index contributed by atoms with van der Waals surface area (Å²) in [5, 5.41) is 14.4. The molecule has 40 heavy (non-hydrogen) atoms. The first-order valence-electron chi connectivity index (χ1n) is 13.4. The Kier molecular flexibility index (Phi) is 4.89. The Hall–Kier alpha value is -5.59. The van der Waals surface area contributed by atoms with Gasteiger partial charge in [0.2, 0.25) is 0 Å². The highest BCUT2D eigenvalue weighted by Gasteiger charge is 2.15. The molecule has 3 nitrogen and oxygen atoms in total. The molecule has 0 bridgehead atoms. The Bertz CT molecular complexity index is 2240. The van der Waals surface area contributed by atoms with Gasteiger partial charge in [-0.1, -0.05) is 78.9 Å². The van der Waals surface area contributed by atoms with Crippen molar-refractivity contribution in [3.63, 3.8) is 0 Å². The molecular formula is C37H23N3. The third-order valence-corrected chi connectivity index (χ3v) is 7.92. The maximum absolute atomic E-state index is 9.50. The van der Waals surface area contributed by atoms with E-state index in [4.69, 9.17) is 0 Å². The van der Waals surface area contributed by atoms with Gasteiger partial charge in [0.15, 0.2) is 0 Å². The number of aromatic nitrogens is 2. The SMILES string of the molecule is N#Cc1cccc(-n2c3ccccc3c3cc(-c4cccc(-n5c6ccccc6c6ccccc65)c4)ccc32)c1. The monoisotopic (exact) mass is 509 g/mol. The fourth-order valence-electron chi connectivity index (χ4n) is 6.17. The summed E-state index contributed by atoms with van der Waals surface area (Å²) >= 11 is 0. The molecule has 0 atom stereocenters. The zero-order valence-electron chi connectivity index (χ0n) is 21.6. The largest absolute Gasteiger partial charge is 0.309 e. The van der Waals surface area contributed by atoms with Crippen molar-refractivity contribution in [3.05, 3.63) is 145 Å². The van der Waals surface area contributed by atoms with E-state index in [-0.39, 0.29) is 0 Å². The third-order valence-electron chi connectivity index (χ3n) is 7.92. The van der Waals surface area contributed by atoms with Gasteiger partial charge in [0.25, 0.3) is 0 Å². The second kappa shape index (κ2) is 8.73. The summed E-state index contributed by atoms with van der Waals surface area (Å²) in [6, 6.07) is 51.3. The fraction of sp³-hybridized carbons (Fsp3) is 0. The molecule has 2 heterocycles. The lowest BCUT2D eigenvalue weighted by Crippen LogP contribution is -1.95. The predicted octanol–water partition coefficient (Wildman–Crippen LogP) is 9.42.